The van der Waals surface area contributed by atoms with Crippen molar-refractivity contribution in [1.82, 2.24) is 19.9 Å². The Morgan fingerprint density at radius 3 is 3.18 bits per heavy atom. The van der Waals surface area contributed by atoms with Crippen LogP contribution >= 0.6 is 11.3 Å². The molecule has 2 heterocycles. The van der Waals surface area contributed by atoms with Crippen molar-refractivity contribution in [3.63, 3.8) is 0 Å². The smallest absolute Gasteiger partial charge is 0.141 e. The van der Waals surface area contributed by atoms with E-state index in [9.17, 15) is 0 Å². The molecule has 1 N–H and O–H groups in total. The molecule has 0 saturated heterocycles. The zero-order valence-corrected chi connectivity index (χ0v) is 10.7. The number of thiazole rings is 1. The highest BCUT2D eigenvalue weighted by Gasteiger charge is 2.26. The third-order valence-corrected chi connectivity index (χ3v) is 3.85. The molecule has 1 fully saturated rings. The lowest BCUT2D eigenvalue weighted by molar-refractivity contribution is 0.713. The van der Waals surface area contributed by atoms with Gasteiger partial charge in [0.25, 0.3) is 0 Å². The molecule has 4 nitrogen and oxygen atoms in total. The Morgan fingerprint density at radius 1 is 1.53 bits per heavy atom. The summed E-state index contributed by atoms with van der Waals surface area (Å²) in [7, 11) is 0. The van der Waals surface area contributed by atoms with E-state index in [1.165, 1.54) is 18.5 Å². The van der Waals surface area contributed by atoms with Crippen LogP contribution in [0.25, 0.3) is 10.7 Å². The molecule has 2 aromatic rings. The highest BCUT2D eigenvalue weighted by Crippen LogP contribution is 2.38. The third-order valence-electron chi connectivity index (χ3n) is 2.93. The Kier molecular flexibility index (Phi) is 2.94. The first-order valence-electron chi connectivity index (χ1n) is 6.06. The highest BCUT2D eigenvalue weighted by molar-refractivity contribution is 7.13. The average molecular weight is 248 g/mol. The molecule has 0 spiro atoms. The zero-order valence-electron chi connectivity index (χ0n) is 9.89. The normalized spacial score (nSPS) is 15.4. The lowest BCUT2D eigenvalue weighted by atomic mass is 10.4. The maximum atomic E-state index is 4.66. The van der Waals surface area contributed by atoms with Crippen LogP contribution in [0.5, 0.6) is 0 Å². The van der Waals surface area contributed by atoms with Crippen LogP contribution in [0.15, 0.2) is 17.9 Å². The molecule has 0 atom stereocenters. The van der Waals surface area contributed by atoms with Crippen molar-refractivity contribution in [3.8, 4) is 10.7 Å². The number of hydrogen-bond acceptors (Lipinski definition) is 4. The van der Waals surface area contributed by atoms with Gasteiger partial charge in [-0.15, -0.1) is 11.3 Å². The third kappa shape index (κ3) is 2.25. The molecule has 1 aliphatic rings. The van der Waals surface area contributed by atoms with Gasteiger partial charge in [0.2, 0.25) is 0 Å². The van der Waals surface area contributed by atoms with E-state index in [1.54, 1.807) is 11.3 Å². The van der Waals surface area contributed by atoms with Crippen LogP contribution in [0.2, 0.25) is 0 Å². The van der Waals surface area contributed by atoms with Crippen LogP contribution in [0.3, 0.4) is 0 Å². The number of hydrogen-bond donors (Lipinski definition) is 1. The second-order valence-electron chi connectivity index (χ2n) is 4.34. The van der Waals surface area contributed by atoms with Crippen molar-refractivity contribution in [2.75, 3.05) is 6.54 Å². The van der Waals surface area contributed by atoms with Crippen LogP contribution < -0.4 is 5.32 Å². The molecule has 1 saturated carbocycles. The van der Waals surface area contributed by atoms with Gasteiger partial charge in [-0.3, -0.25) is 0 Å². The highest BCUT2D eigenvalue weighted by atomic mass is 32.1. The lowest BCUT2D eigenvalue weighted by Gasteiger charge is -2.02. The number of nitrogens with zero attached hydrogens (tertiary/aromatic N) is 3. The van der Waals surface area contributed by atoms with Crippen molar-refractivity contribution in [2.45, 2.75) is 32.4 Å². The van der Waals surface area contributed by atoms with Crippen LogP contribution in [-0.4, -0.2) is 21.1 Å². The summed E-state index contributed by atoms with van der Waals surface area (Å²) in [6.07, 6.45) is 6.41. The molecule has 0 aliphatic heterocycles. The van der Waals surface area contributed by atoms with Gasteiger partial charge in [0.05, 0.1) is 23.9 Å². The SMILES string of the molecule is CCNCc1csc(-c2cncn2C2CC2)n1. The van der Waals surface area contributed by atoms with Gasteiger partial charge >= 0.3 is 0 Å². The van der Waals surface area contributed by atoms with Crippen LogP contribution in [0, 0.1) is 0 Å². The second kappa shape index (κ2) is 4.58. The molecule has 17 heavy (non-hydrogen) atoms. The second-order valence-corrected chi connectivity index (χ2v) is 5.20. The van der Waals surface area contributed by atoms with Gasteiger partial charge in [-0.25, -0.2) is 9.97 Å². The number of aromatic nitrogens is 3. The summed E-state index contributed by atoms with van der Waals surface area (Å²) >= 11 is 1.71. The van der Waals surface area contributed by atoms with Crippen molar-refractivity contribution < 1.29 is 0 Å². The first kappa shape index (κ1) is 10.9. The number of nitrogens with one attached hydrogen (secondary N) is 1. The van der Waals surface area contributed by atoms with E-state index in [1.807, 2.05) is 12.5 Å². The molecule has 0 unspecified atom stereocenters. The van der Waals surface area contributed by atoms with Crippen molar-refractivity contribution in [2.24, 2.45) is 0 Å². The van der Waals surface area contributed by atoms with E-state index in [0.29, 0.717) is 6.04 Å². The van der Waals surface area contributed by atoms with Gasteiger partial charge < -0.3 is 9.88 Å². The maximum Gasteiger partial charge on any atom is 0.141 e. The van der Waals surface area contributed by atoms with Gasteiger partial charge in [-0.1, -0.05) is 6.92 Å². The largest absolute Gasteiger partial charge is 0.326 e. The fourth-order valence-corrected chi connectivity index (χ4v) is 2.71. The Bertz CT molecular complexity index is 498. The van der Waals surface area contributed by atoms with Crippen LogP contribution in [0.1, 0.15) is 31.5 Å². The maximum absolute atomic E-state index is 4.66. The summed E-state index contributed by atoms with van der Waals surface area (Å²) in [6.45, 7) is 3.94. The molecule has 5 heteroatoms. The molecule has 2 aromatic heterocycles. The minimum Gasteiger partial charge on any atom is -0.326 e. The Balaban J connectivity index is 1.82. The predicted octanol–water partition coefficient (Wildman–Crippen LogP) is 2.45. The minimum absolute atomic E-state index is 0.661. The summed E-state index contributed by atoms with van der Waals surface area (Å²) in [6, 6.07) is 0.661. The molecule has 1 aliphatic carbocycles. The van der Waals surface area contributed by atoms with E-state index in [4.69, 9.17) is 0 Å². The van der Waals surface area contributed by atoms with Crippen LogP contribution in [-0.2, 0) is 6.54 Å². The van der Waals surface area contributed by atoms with Gasteiger partial charge in [0.1, 0.15) is 5.01 Å². The van der Waals surface area contributed by atoms with Crippen LogP contribution in [0.4, 0.5) is 0 Å². The fraction of sp³-hybridized carbons (Fsp3) is 0.500. The topological polar surface area (TPSA) is 42.7 Å². The molecular formula is C12H16N4S. The summed E-state index contributed by atoms with van der Waals surface area (Å²) in [4.78, 5) is 8.90. The fourth-order valence-electron chi connectivity index (χ4n) is 1.87. The molecule has 90 valence electrons. The van der Waals surface area contributed by atoms with Crippen molar-refractivity contribution in [1.29, 1.82) is 0 Å². The standard InChI is InChI=1S/C12H16N4S/c1-2-13-5-9-7-17-12(15-9)11-6-14-8-16(11)10-3-4-10/h6-8,10,13H,2-5H2,1H3. The molecule has 3 rings (SSSR count). The Hall–Kier alpha value is -1.20. The Labute approximate surface area is 105 Å². The first-order valence-corrected chi connectivity index (χ1v) is 6.93. The summed E-state index contributed by atoms with van der Waals surface area (Å²) in [5, 5.41) is 6.51. The molecule has 0 amide bonds. The zero-order chi connectivity index (χ0) is 11.7. The van der Waals surface area contributed by atoms with Gasteiger partial charge in [0, 0.05) is 18.0 Å². The molecular weight excluding hydrogens is 232 g/mol. The summed E-state index contributed by atoms with van der Waals surface area (Å²) in [5.41, 5.74) is 2.29. The van der Waals surface area contributed by atoms with Crippen molar-refractivity contribution in [3.05, 3.63) is 23.6 Å². The monoisotopic (exact) mass is 248 g/mol. The van der Waals surface area contributed by atoms with Gasteiger partial charge in [0.15, 0.2) is 0 Å². The molecule has 0 bridgehead atoms. The number of rotatable bonds is 5. The summed E-state index contributed by atoms with van der Waals surface area (Å²) < 4.78 is 2.26. The first-order chi connectivity index (χ1) is 8.38. The predicted molar refractivity (Wildman–Crippen MR) is 69.0 cm³/mol. The van der Waals surface area contributed by atoms with Gasteiger partial charge in [-0.2, -0.15) is 0 Å². The average Bonchev–Trinajstić information content (AvgIpc) is 2.91. The van der Waals surface area contributed by atoms with Gasteiger partial charge in [-0.05, 0) is 19.4 Å². The van der Waals surface area contributed by atoms with E-state index in [2.05, 4.69) is 32.2 Å². The number of imidazole rings is 1. The van der Waals surface area contributed by atoms with Crippen molar-refractivity contribution >= 4 is 11.3 Å². The Morgan fingerprint density at radius 2 is 2.41 bits per heavy atom. The quantitative estimate of drug-likeness (QED) is 0.884. The van der Waals surface area contributed by atoms with E-state index >= 15 is 0 Å². The lowest BCUT2D eigenvalue weighted by Crippen LogP contribution is -2.11. The van der Waals surface area contributed by atoms with E-state index in [-0.39, 0.29) is 0 Å². The summed E-state index contributed by atoms with van der Waals surface area (Å²) in [5.74, 6) is 0. The van der Waals surface area contributed by atoms with E-state index in [0.717, 1.165) is 23.8 Å². The van der Waals surface area contributed by atoms with E-state index < -0.39 is 0 Å². The molecule has 0 radical (unpaired) electrons. The minimum atomic E-state index is 0.661. The molecule has 0 aromatic carbocycles.